The minimum atomic E-state index is 0.0244. The predicted molar refractivity (Wildman–Crippen MR) is 80.6 cm³/mol. The van der Waals surface area contributed by atoms with Crippen LogP contribution in [0.2, 0.25) is 0 Å². The summed E-state index contributed by atoms with van der Waals surface area (Å²) in [5.41, 5.74) is 1.57. The molecular formula is C15H9IO2. The standard InChI is InChI=1S/C15H9IO2/c16-13-14(17)11-8-4-5-9-12(11)18-15(13)10-6-2-1-3-7-10/h1-9H. The molecule has 0 N–H and O–H groups in total. The van der Waals surface area contributed by atoms with Gasteiger partial charge in [0.15, 0.2) is 5.76 Å². The lowest BCUT2D eigenvalue weighted by Crippen LogP contribution is -2.07. The zero-order valence-corrected chi connectivity index (χ0v) is 11.5. The molecule has 0 saturated carbocycles. The molecule has 3 heteroatoms. The molecule has 0 fully saturated rings. The van der Waals surface area contributed by atoms with E-state index in [1.165, 1.54) is 0 Å². The highest BCUT2D eigenvalue weighted by Gasteiger charge is 2.12. The van der Waals surface area contributed by atoms with Crippen molar-refractivity contribution in [2.24, 2.45) is 0 Å². The zero-order valence-electron chi connectivity index (χ0n) is 9.39. The highest BCUT2D eigenvalue weighted by atomic mass is 127. The first kappa shape index (κ1) is 11.5. The summed E-state index contributed by atoms with van der Waals surface area (Å²) in [5.74, 6) is 0.639. The summed E-state index contributed by atoms with van der Waals surface area (Å²) in [7, 11) is 0. The highest BCUT2D eigenvalue weighted by molar-refractivity contribution is 14.1. The number of fused-ring (bicyclic) bond motifs is 1. The van der Waals surface area contributed by atoms with Crippen LogP contribution in [0, 0.1) is 3.57 Å². The molecule has 0 aliphatic rings. The lowest BCUT2D eigenvalue weighted by atomic mass is 10.1. The maximum absolute atomic E-state index is 12.3. The van der Waals surface area contributed by atoms with E-state index in [0.29, 0.717) is 20.3 Å². The molecule has 0 amide bonds. The van der Waals surface area contributed by atoms with E-state index in [2.05, 4.69) is 22.6 Å². The van der Waals surface area contributed by atoms with Crippen LogP contribution < -0.4 is 5.43 Å². The lowest BCUT2D eigenvalue weighted by molar-refractivity contribution is 0.615. The van der Waals surface area contributed by atoms with Crippen molar-refractivity contribution in [1.82, 2.24) is 0 Å². The molecule has 2 aromatic carbocycles. The van der Waals surface area contributed by atoms with Crippen molar-refractivity contribution in [3.05, 3.63) is 68.4 Å². The summed E-state index contributed by atoms with van der Waals surface area (Å²) in [5, 5.41) is 0.626. The van der Waals surface area contributed by atoms with Gasteiger partial charge in [-0.2, -0.15) is 0 Å². The largest absolute Gasteiger partial charge is 0.455 e. The van der Waals surface area contributed by atoms with E-state index >= 15 is 0 Å². The van der Waals surface area contributed by atoms with Crippen LogP contribution in [0.1, 0.15) is 0 Å². The first-order valence-corrected chi connectivity index (χ1v) is 6.62. The van der Waals surface area contributed by atoms with Crippen molar-refractivity contribution in [3.63, 3.8) is 0 Å². The Morgan fingerprint density at radius 1 is 0.889 bits per heavy atom. The van der Waals surface area contributed by atoms with Crippen LogP contribution in [0.4, 0.5) is 0 Å². The van der Waals surface area contributed by atoms with Gasteiger partial charge in [-0.05, 0) is 34.7 Å². The van der Waals surface area contributed by atoms with E-state index in [0.717, 1.165) is 5.56 Å². The number of para-hydroxylation sites is 1. The summed E-state index contributed by atoms with van der Waals surface area (Å²) in [6.07, 6.45) is 0. The summed E-state index contributed by atoms with van der Waals surface area (Å²) >= 11 is 2.05. The van der Waals surface area contributed by atoms with Crippen LogP contribution in [0.25, 0.3) is 22.3 Å². The number of rotatable bonds is 1. The van der Waals surface area contributed by atoms with E-state index in [1.807, 2.05) is 48.5 Å². The maximum atomic E-state index is 12.3. The third-order valence-electron chi connectivity index (χ3n) is 2.78. The van der Waals surface area contributed by atoms with Gasteiger partial charge in [0.25, 0.3) is 0 Å². The number of halogens is 1. The van der Waals surface area contributed by atoms with E-state index < -0.39 is 0 Å². The van der Waals surface area contributed by atoms with Crippen LogP contribution >= 0.6 is 22.6 Å². The van der Waals surface area contributed by atoms with Crippen molar-refractivity contribution in [3.8, 4) is 11.3 Å². The zero-order chi connectivity index (χ0) is 12.5. The van der Waals surface area contributed by atoms with Gasteiger partial charge >= 0.3 is 0 Å². The van der Waals surface area contributed by atoms with Crippen molar-refractivity contribution in [2.45, 2.75) is 0 Å². The Morgan fingerprint density at radius 2 is 1.56 bits per heavy atom. The van der Waals surface area contributed by atoms with E-state index in [1.54, 1.807) is 6.07 Å². The summed E-state index contributed by atoms with van der Waals surface area (Å²) in [4.78, 5) is 12.3. The Labute approximate surface area is 117 Å². The smallest absolute Gasteiger partial charge is 0.206 e. The second-order valence-electron chi connectivity index (χ2n) is 3.94. The molecule has 1 heterocycles. The Bertz CT molecular complexity index is 760. The van der Waals surface area contributed by atoms with Crippen LogP contribution in [-0.4, -0.2) is 0 Å². The van der Waals surface area contributed by atoms with Gasteiger partial charge in [-0.3, -0.25) is 4.79 Å². The minimum Gasteiger partial charge on any atom is -0.455 e. The fraction of sp³-hybridized carbons (Fsp3) is 0. The topological polar surface area (TPSA) is 30.2 Å². The fourth-order valence-electron chi connectivity index (χ4n) is 1.89. The van der Waals surface area contributed by atoms with E-state index in [-0.39, 0.29) is 5.43 Å². The van der Waals surface area contributed by atoms with Gasteiger partial charge in [0, 0.05) is 5.56 Å². The Balaban J connectivity index is 2.38. The first-order valence-electron chi connectivity index (χ1n) is 5.54. The molecule has 2 nitrogen and oxygen atoms in total. The molecule has 0 aliphatic carbocycles. The van der Waals surface area contributed by atoms with Crippen LogP contribution in [0.15, 0.2) is 63.8 Å². The lowest BCUT2D eigenvalue weighted by Gasteiger charge is -2.05. The third-order valence-corrected chi connectivity index (χ3v) is 3.76. The molecule has 0 atom stereocenters. The molecule has 0 unspecified atom stereocenters. The van der Waals surface area contributed by atoms with Gasteiger partial charge in [0.1, 0.15) is 9.15 Å². The minimum absolute atomic E-state index is 0.0244. The number of benzene rings is 2. The van der Waals surface area contributed by atoms with E-state index in [4.69, 9.17) is 4.42 Å². The molecule has 1 aromatic heterocycles. The third kappa shape index (κ3) is 1.84. The Kier molecular flexibility index (Phi) is 2.91. The average molecular weight is 348 g/mol. The summed E-state index contributed by atoms with van der Waals surface area (Å²) in [6.45, 7) is 0. The average Bonchev–Trinajstić information content (AvgIpc) is 2.44. The molecular weight excluding hydrogens is 339 g/mol. The second kappa shape index (κ2) is 4.57. The van der Waals surface area contributed by atoms with Crippen molar-refractivity contribution in [1.29, 1.82) is 0 Å². The number of hydrogen-bond acceptors (Lipinski definition) is 2. The first-order chi connectivity index (χ1) is 8.77. The van der Waals surface area contributed by atoms with E-state index in [9.17, 15) is 4.79 Å². The van der Waals surface area contributed by atoms with Gasteiger partial charge in [0.2, 0.25) is 5.43 Å². The second-order valence-corrected chi connectivity index (χ2v) is 5.02. The Hall–Kier alpha value is -1.62. The molecule has 88 valence electrons. The molecule has 3 aromatic rings. The molecule has 3 rings (SSSR count). The van der Waals surface area contributed by atoms with Gasteiger partial charge in [-0.1, -0.05) is 42.5 Å². The van der Waals surface area contributed by atoms with Crippen LogP contribution in [0.3, 0.4) is 0 Å². The van der Waals surface area contributed by atoms with Gasteiger partial charge < -0.3 is 4.42 Å². The van der Waals surface area contributed by atoms with Gasteiger partial charge in [0.05, 0.1) is 5.39 Å². The predicted octanol–water partition coefficient (Wildman–Crippen LogP) is 4.06. The van der Waals surface area contributed by atoms with Gasteiger partial charge in [-0.15, -0.1) is 0 Å². The van der Waals surface area contributed by atoms with Crippen LogP contribution in [-0.2, 0) is 0 Å². The molecule has 0 saturated heterocycles. The molecule has 0 radical (unpaired) electrons. The Morgan fingerprint density at radius 3 is 2.33 bits per heavy atom. The molecule has 0 bridgehead atoms. The highest BCUT2D eigenvalue weighted by Crippen LogP contribution is 2.26. The van der Waals surface area contributed by atoms with Gasteiger partial charge in [-0.25, -0.2) is 0 Å². The summed E-state index contributed by atoms with van der Waals surface area (Å²) in [6, 6.07) is 17.0. The normalized spacial score (nSPS) is 10.7. The molecule has 18 heavy (non-hydrogen) atoms. The van der Waals surface area contributed by atoms with Crippen LogP contribution in [0.5, 0.6) is 0 Å². The van der Waals surface area contributed by atoms with Crippen molar-refractivity contribution < 1.29 is 4.42 Å². The molecule has 0 spiro atoms. The number of hydrogen-bond donors (Lipinski definition) is 0. The van der Waals surface area contributed by atoms with Crippen molar-refractivity contribution >= 4 is 33.6 Å². The SMILES string of the molecule is O=c1c(I)c(-c2ccccc2)oc2ccccc12. The quantitative estimate of drug-likeness (QED) is 0.621. The monoisotopic (exact) mass is 348 g/mol. The summed E-state index contributed by atoms with van der Waals surface area (Å²) < 4.78 is 6.47. The van der Waals surface area contributed by atoms with Crippen molar-refractivity contribution in [2.75, 3.05) is 0 Å². The maximum Gasteiger partial charge on any atom is 0.206 e. The molecule has 0 aliphatic heterocycles. The fourth-order valence-corrected chi connectivity index (χ4v) is 2.61.